The second-order valence-electron chi connectivity index (χ2n) is 8.39. The maximum Gasteiger partial charge on any atom is 0.308 e. The summed E-state index contributed by atoms with van der Waals surface area (Å²) >= 11 is 5.39. The van der Waals surface area contributed by atoms with E-state index in [1.54, 1.807) is 36.3 Å². The molecule has 0 bridgehead atoms. The first kappa shape index (κ1) is 27.6. The van der Waals surface area contributed by atoms with Crippen LogP contribution in [0.15, 0.2) is 24.3 Å². The first-order valence-corrected chi connectivity index (χ1v) is 12.6. The van der Waals surface area contributed by atoms with E-state index < -0.39 is 17.9 Å². The Labute approximate surface area is 207 Å². The first-order valence-electron chi connectivity index (χ1n) is 12.2. The quantitative estimate of drug-likeness (QED) is 0.247. The van der Waals surface area contributed by atoms with Crippen LogP contribution in [0.1, 0.15) is 75.1 Å². The molecule has 1 aromatic carbocycles. The molecule has 34 heavy (non-hydrogen) atoms. The number of nitrogens with zero attached hydrogens (tertiary/aromatic N) is 1. The molecule has 2 rings (SSSR count). The number of hydrogen-bond acceptors (Lipinski definition) is 6. The first-order chi connectivity index (χ1) is 16.5. The number of thiocarbonyl (C=S) groups is 1. The predicted molar refractivity (Wildman–Crippen MR) is 135 cm³/mol. The molecule has 1 saturated heterocycles. The minimum Gasteiger partial charge on any atom is -0.497 e. The fourth-order valence-electron chi connectivity index (χ4n) is 3.78. The van der Waals surface area contributed by atoms with Gasteiger partial charge in [-0.1, -0.05) is 51.9 Å². The lowest BCUT2D eigenvalue weighted by Gasteiger charge is -2.36. The van der Waals surface area contributed by atoms with Crippen LogP contribution in [0.4, 0.5) is 0 Å². The summed E-state index contributed by atoms with van der Waals surface area (Å²) in [6.07, 6.45) is 9.15. The summed E-state index contributed by atoms with van der Waals surface area (Å²) in [5.41, 5.74) is 0.408. The third-order valence-corrected chi connectivity index (χ3v) is 6.12. The number of piperazine rings is 1. The number of nitrogens with one attached hydrogen (secondary N) is 2. The molecule has 0 aromatic heterocycles. The van der Waals surface area contributed by atoms with Gasteiger partial charge in [-0.05, 0) is 42.9 Å². The molecule has 0 spiro atoms. The van der Waals surface area contributed by atoms with Crippen LogP contribution in [0.3, 0.4) is 0 Å². The molecule has 1 aliphatic rings. The molecule has 9 heteroatoms. The highest BCUT2D eigenvalue weighted by Gasteiger charge is 2.34. The highest BCUT2D eigenvalue weighted by molar-refractivity contribution is 7.80. The molecule has 2 amide bonds. The van der Waals surface area contributed by atoms with E-state index in [1.807, 2.05) is 0 Å². The Morgan fingerprint density at radius 2 is 1.74 bits per heavy atom. The molecule has 1 aromatic rings. The molecule has 8 nitrogen and oxygen atoms in total. The molecule has 1 heterocycles. The lowest BCUT2D eigenvalue weighted by molar-refractivity contribution is -0.147. The summed E-state index contributed by atoms with van der Waals surface area (Å²) in [6, 6.07) is 5.79. The number of rotatable bonds is 13. The van der Waals surface area contributed by atoms with E-state index in [1.165, 1.54) is 32.1 Å². The van der Waals surface area contributed by atoms with E-state index in [4.69, 9.17) is 21.7 Å². The number of methoxy groups -OCH3 is 1. The van der Waals surface area contributed by atoms with Crippen molar-refractivity contribution in [1.82, 2.24) is 15.5 Å². The smallest absolute Gasteiger partial charge is 0.308 e. The minimum absolute atomic E-state index is 0.108. The number of hydrogen-bond donors (Lipinski definition) is 2. The summed E-state index contributed by atoms with van der Waals surface area (Å²) < 4.78 is 10.4. The molecule has 1 atom stereocenters. The number of amides is 2. The van der Waals surface area contributed by atoms with Crippen molar-refractivity contribution in [3.8, 4) is 5.75 Å². The number of ether oxygens (including phenoxy) is 2. The van der Waals surface area contributed by atoms with Crippen LogP contribution in [0.5, 0.6) is 5.75 Å². The molecular weight excluding hydrogens is 454 g/mol. The molecule has 0 radical (unpaired) electrons. The summed E-state index contributed by atoms with van der Waals surface area (Å²) in [5, 5.41) is 5.52. The fraction of sp³-hybridized carbons (Fsp3) is 0.600. The lowest BCUT2D eigenvalue weighted by Crippen LogP contribution is -2.60. The third-order valence-electron chi connectivity index (χ3n) is 5.79. The average Bonchev–Trinajstić information content (AvgIpc) is 2.84. The van der Waals surface area contributed by atoms with Crippen LogP contribution < -0.4 is 15.4 Å². The Balaban J connectivity index is 1.78. The normalized spacial score (nSPS) is 15.4. The van der Waals surface area contributed by atoms with Crippen molar-refractivity contribution in [2.45, 2.75) is 70.8 Å². The Kier molecular flexibility index (Phi) is 12.4. The van der Waals surface area contributed by atoms with Crippen LogP contribution in [-0.2, 0) is 14.3 Å². The highest BCUT2D eigenvalue weighted by Crippen LogP contribution is 2.14. The Morgan fingerprint density at radius 3 is 2.38 bits per heavy atom. The van der Waals surface area contributed by atoms with Crippen LogP contribution in [0, 0.1) is 0 Å². The van der Waals surface area contributed by atoms with Gasteiger partial charge in [0.05, 0.1) is 20.1 Å². The van der Waals surface area contributed by atoms with E-state index in [0.717, 1.165) is 19.3 Å². The Hall–Kier alpha value is -2.68. The van der Waals surface area contributed by atoms with Crippen molar-refractivity contribution in [1.29, 1.82) is 0 Å². The van der Waals surface area contributed by atoms with Crippen molar-refractivity contribution in [2.24, 2.45) is 0 Å². The molecule has 1 fully saturated rings. The van der Waals surface area contributed by atoms with Gasteiger partial charge in [0.15, 0.2) is 5.11 Å². The number of carbonyl (C=O) groups excluding carboxylic acids is 3. The van der Waals surface area contributed by atoms with E-state index in [2.05, 4.69) is 17.6 Å². The van der Waals surface area contributed by atoms with Crippen LogP contribution in [-0.4, -0.2) is 60.6 Å². The predicted octanol–water partition coefficient (Wildman–Crippen LogP) is 3.58. The second kappa shape index (κ2) is 15.3. The minimum atomic E-state index is -0.816. The topological polar surface area (TPSA) is 97.0 Å². The third kappa shape index (κ3) is 9.29. The van der Waals surface area contributed by atoms with Gasteiger partial charge in [-0.3, -0.25) is 19.7 Å². The van der Waals surface area contributed by atoms with Crippen molar-refractivity contribution in [3.05, 3.63) is 29.8 Å². The SMILES string of the molecule is CCCCCCCCCCOC(=O)CC1C(=O)NCCN1C(=S)NC(=O)c1ccc(OC)cc1. The molecule has 0 aliphatic carbocycles. The van der Waals surface area contributed by atoms with Gasteiger partial charge in [0.25, 0.3) is 5.91 Å². The van der Waals surface area contributed by atoms with Crippen molar-refractivity contribution >= 4 is 35.1 Å². The van der Waals surface area contributed by atoms with Crippen molar-refractivity contribution in [3.63, 3.8) is 0 Å². The van der Waals surface area contributed by atoms with E-state index in [0.29, 0.717) is 31.0 Å². The van der Waals surface area contributed by atoms with Gasteiger partial charge in [-0.2, -0.15) is 0 Å². The zero-order chi connectivity index (χ0) is 24.8. The number of benzene rings is 1. The van der Waals surface area contributed by atoms with Gasteiger partial charge in [0, 0.05) is 18.7 Å². The highest BCUT2D eigenvalue weighted by atomic mass is 32.1. The standard InChI is InChI=1S/C25H37N3O5S/c1-3-4-5-6-7-8-9-10-17-33-22(29)18-21-24(31)26-15-16-28(21)25(34)27-23(30)19-11-13-20(32-2)14-12-19/h11-14,21H,3-10,15-18H2,1-2H3,(H,26,31)(H,27,30,34). The Morgan fingerprint density at radius 1 is 1.09 bits per heavy atom. The molecular formula is C25H37N3O5S. The Bertz CT molecular complexity index is 815. The van der Waals surface area contributed by atoms with Gasteiger partial charge in [-0.25, -0.2) is 0 Å². The largest absolute Gasteiger partial charge is 0.497 e. The van der Waals surface area contributed by atoms with Gasteiger partial charge >= 0.3 is 5.97 Å². The monoisotopic (exact) mass is 491 g/mol. The number of carbonyl (C=O) groups is 3. The molecule has 2 N–H and O–H groups in total. The molecule has 0 saturated carbocycles. The van der Waals surface area contributed by atoms with E-state index in [9.17, 15) is 14.4 Å². The van der Waals surface area contributed by atoms with Gasteiger partial charge < -0.3 is 19.7 Å². The van der Waals surface area contributed by atoms with E-state index >= 15 is 0 Å². The second-order valence-corrected chi connectivity index (χ2v) is 8.77. The van der Waals surface area contributed by atoms with E-state index in [-0.39, 0.29) is 17.4 Å². The zero-order valence-corrected chi connectivity index (χ0v) is 21.1. The summed E-state index contributed by atoms with van der Waals surface area (Å²) in [6.45, 7) is 3.32. The molecule has 1 unspecified atom stereocenters. The van der Waals surface area contributed by atoms with Crippen molar-refractivity contribution in [2.75, 3.05) is 26.8 Å². The van der Waals surface area contributed by atoms with Gasteiger partial charge in [0.1, 0.15) is 11.8 Å². The lowest BCUT2D eigenvalue weighted by atomic mass is 10.1. The van der Waals surface area contributed by atoms with Crippen LogP contribution in [0.25, 0.3) is 0 Å². The molecule has 1 aliphatic heterocycles. The summed E-state index contributed by atoms with van der Waals surface area (Å²) in [4.78, 5) is 38.9. The zero-order valence-electron chi connectivity index (χ0n) is 20.3. The summed E-state index contributed by atoms with van der Waals surface area (Å²) in [5.74, 6) is -0.511. The maximum absolute atomic E-state index is 12.6. The van der Waals surface area contributed by atoms with Crippen LogP contribution in [0.2, 0.25) is 0 Å². The maximum atomic E-state index is 12.6. The van der Waals surface area contributed by atoms with Crippen molar-refractivity contribution < 1.29 is 23.9 Å². The summed E-state index contributed by atoms with van der Waals surface area (Å²) in [7, 11) is 1.55. The van der Waals surface area contributed by atoms with Gasteiger partial charge in [-0.15, -0.1) is 0 Å². The number of unbranched alkanes of at least 4 members (excludes halogenated alkanes) is 7. The number of esters is 1. The molecule has 188 valence electrons. The average molecular weight is 492 g/mol. The fourth-order valence-corrected chi connectivity index (χ4v) is 4.09. The van der Waals surface area contributed by atoms with Crippen LogP contribution >= 0.6 is 12.2 Å². The van der Waals surface area contributed by atoms with Gasteiger partial charge in [0.2, 0.25) is 5.91 Å².